The van der Waals surface area contributed by atoms with Gasteiger partial charge in [0.05, 0.1) is 0 Å². The Bertz CT molecular complexity index is 392. The number of amides is 2. The van der Waals surface area contributed by atoms with Crippen LogP contribution in [0, 0.1) is 6.92 Å². The van der Waals surface area contributed by atoms with Gasteiger partial charge < -0.3 is 10.4 Å². The molecule has 1 atom stereocenters. The molecular formula is C8H12N4O3S. The molecule has 0 aliphatic rings. The Kier molecular flexibility index (Phi) is 4.18. The number of aromatic nitrogens is 2. The van der Waals surface area contributed by atoms with Gasteiger partial charge >= 0.3 is 12.0 Å². The summed E-state index contributed by atoms with van der Waals surface area (Å²) in [6.45, 7) is 3.43. The minimum atomic E-state index is -1.06. The third-order valence-electron chi connectivity index (χ3n) is 1.76. The number of carbonyl (C=O) groups excluding carboxylic acids is 1. The molecule has 1 aromatic rings. The first-order chi connectivity index (χ1) is 7.52. The molecule has 1 heterocycles. The maximum absolute atomic E-state index is 11.3. The van der Waals surface area contributed by atoms with Gasteiger partial charge in [0.25, 0.3) is 0 Å². The number of anilines is 1. The summed E-state index contributed by atoms with van der Waals surface area (Å²) in [5.74, 6) is -1.06. The zero-order chi connectivity index (χ0) is 12.1. The first kappa shape index (κ1) is 12.4. The molecule has 0 aliphatic carbocycles. The van der Waals surface area contributed by atoms with Crippen LogP contribution in [0.1, 0.15) is 18.4 Å². The van der Waals surface area contributed by atoms with E-state index in [2.05, 4.69) is 20.8 Å². The van der Waals surface area contributed by atoms with Crippen LogP contribution in [0.5, 0.6) is 0 Å². The monoisotopic (exact) mass is 244 g/mol. The Morgan fingerprint density at radius 1 is 1.50 bits per heavy atom. The van der Waals surface area contributed by atoms with Crippen LogP contribution in [0.4, 0.5) is 9.93 Å². The smallest absolute Gasteiger partial charge is 0.326 e. The summed E-state index contributed by atoms with van der Waals surface area (Å²) in [6.07, 6.45) is 0.317. The zero-order valence-corrected chi connectivity index (χ0v) is 9.67. The predicted molar refractivity (Wildman–Crippen MR) is 58.5 cm³/mol. The maximum Gasteiger partial charge on any atom is 0.326 e. The van der Waals surface area contributed by atoms with Gasteiger partial charge in [0.1, 0.15) is 11.0 Å². The first-order valence-corrected chi connectivity index (χ1v) is 5.45. The lowest BCUT2D eigenvalue weighted by molar-refractivity contribution is -0.139. The summed E-state index contributed by atoms with van der Waals surface area (Å²) in [6, 6.07) is -1.49. The van der Waals surface area contributed by atoms with Crippen LogP contribution >= 0.6 is 11.3 Å². The molecule has 16 heavy (non-hydrogen) atoms. The van der Waals surface area contributed by atoms with Crippen molar-refractivity contribution in [2.75, 3.05) is 5.32 Å². The molecule has 1 unspecified atom stereocenters. The van der Waals surface area contributed by atoms with Crippen LogP contribution in [-0.4, -0.2) is 33.3 Å². The molecule has 0 spiro atoms. The molecular weight excluding hydrogens is 232 g/mol. The van der Waals surface area contributed by atoms with Crippen LogP contribution in [0.15, 0.2) is 0 Å². The number of carboxylic acid groups (broad SMARTS) is 1. The molecule has 8 heteroatoms. The summed E-state index contributed by atoms with van der Waals surface area (Å²) in [5.41, 5.74) is 0. The van der Waals surface area contributed by atoms with Gasteiger partial charge in [0.15, 0.2) is 0 Å². The minimum absolute atomic E-state index is 0.317. The highest BCUT2D eigenvalue weighted by molar-refractivity contribution is 7.15. The Labute approximate surface area is 95.9 Å². The summed E-state index contributed by atoms with van der Waals surface area (Å²) in [5, 5.41) is 21.9. The molecule has 1 aromatic heterocycles. The number of nitrogens with one attached hydrogen (secondary N) is 2. The van der Waals surface area contributed by atoms with Gasteiger partial charge in [-0.05, 0) is 13.3 Å². The number of carbonyl (C=O) groups is 2. The van der Waals surface area contributed by atoms with E-state index >= 15 is 0 Å². The van der Waals surface area contributed by atoms with E-state index in [-0.39, 0.29) is 0 Å². The van der Waals surface area contributed by atoms with E-state index in [0.717, 1.165) is 5.01 Å². The fourth-order valence-electron chi connectivity index (χ4n) is 0.977. The Balaban J connectivity index is 2.50. The van der Waals surface area contributed by atoms with E-state index in [1.165, 1.54) is 11.3 Å². The lowest BCUT2D eigenvalue weighted by Crippen LogP contribution is -2.42. The normalized spacial score (nSPS) is 11.9. The summed E-state index contributed by atoms with van der Waals surface area (Å²) in [7, 11) is 0. The Morgan fingerprint density at radius 3 is 2.62 bits per heavy atom. The SMILES string of the molecule is CCC(NC(=O)Nc1nnc(C)s1)C(=O)O. The fraction of sp³-hybridized carbons (Fsp3) is 0.500. The van der Waals surface area contributed by atoms with Crippen LogP contribution in [0.25, 0.3) is 0 Å². The first-order valence-electron chi connectivity index (χ1n) is 4.63. The van der Waals surface area contributed by atoms with E-state index in [9.17, 15) is 9.59 Å². The molecule has 1 rings (SSSR count). The molecule has 2 amide bonds. The van der Waals surface area contributed by atoms with E-state index in [0.29, 0.717) is 11.6 Å². The molecule has 88 valence electrons. The van der Waals surface area contributed by atoms with E-state index in [1.54, 1.807) is 13.8 Å². The number of urea groups is 1. The fourth-order valence-corrected chi connectivity index (χ4v) is 1.56. The highest BCUT2D eigenvalue weighted by Crippen LogP contribution is 2.13. The van der Waals surface area contributed by atoms with Crippen LogP contribution in [0.2, 0.25) is 0 Å². The summed E-state index contributed by atoms with van der Waals surface area (Å²) < 4.78 is 0. The molecule has 0 radical (unpaired) electrons. The van der Waals surface area contributed by atoms with Gasteiger partial charge in [-0.2, -0.15) is 0 Å². The van der Waals surface area contributed by atoms with Crippen molar-refractivity contribution in [3.05, 3.63) is 5.01 Å². The summed E-state index contributed by atoms with van der Waals surface area (Å²) in [4.78, 5) is 22.0. The molecule has 0 fully saturated rings. The number of hydrogen-bond acceptors (Lipinski definition) is 5. The molecule has 0 saturated carbocycles. The average molecular weight is 244 g/mol. The molecule has 0 aliphatic heterocycles. The summed E-state index contributed by atoms with van der Waals surface area (Å²) >= 11 is 1.22. The van der Waals surface area contributed by atoms with E-state index in [1.807, 2.05) is 0 Å². The second-order valence-electron chi connectivity index (χ2n) is 3.02. The number of rotatable bonds is 4. The van der Waals surface area contributed by atoms with Crippen molar-refractivity contribution >= 4 is 28.5 Å². The number of aliphatic carboxylic acids is 1. The van der Waals surface area contributed by atoms with Gasteiger partial charge in [0, 0.05) is 0 Å². The van der Waals surface area contributed by atoms with Gasteiger partial charge in [-0.15, -0.1) is 10.2 Å². The largest absolute Gasteiger partial charge is 0.480 e. The minimum Gasteiger partial charge on any atom is -0.480 e. The van der Waals surface area contributed by atoms with Gasteiger partial charge in [-0.1, -0.05) is 18.3 Å². The second-order valence-corrected chi connectivity index (χ2v) is 4.21. The molecule has 0 saturated heterocycles. The third kappa shape index (κ3) is 3.46. The lowest BCUT2D eigenvalue weighted by Gasteiger charge is -2.11. The lowest BCUT2D eigenvalue weighted by atomic mass is 10.2. The third-order valence-corrected chi connectivity index (χ3v) is 2.51. The quantitative estimate of drug-likeness (QED) is 0.727. The van der Waals surface area contributed by atoms with Crippen molar-refractivity contribution in [1.82, 2.24) is 15.5 Å². The van der Waals surface area contributed by atoms with Gasteiger partial charge in [0.2, 0.25) is 5.13 Å². The topological polar surface area (TPSA) is 104 Å². The van der Waals surface area contributed by atoms with E-state index in [4.69, 9.17) is 5.11 Å². The predicted octanol–water partition coefficient (Wildman–Crippen LogP) is 0.831. The number of aryl methyl sites for hydroxylation is 1. The highest BCUT2D eigenvalue weighted by Gasteiger charge is 2.17. The Hall–Kier alpha value is -1.70. The van der Waals surface area contributed by atoms with Crippen LogP contribution in [-0.2, 0) is 4.79 Å². The molecule has 0 aromatic carbocycles. The van der Waals surface area contributed by atoms with Crippen molar-refractivity contribution in [2.24, 2.45) is 0 Å². The van der Waals surface area contributed by atoms with Crippen molar-refractivity contribution in [3.63, 3.8) is 0 Å². The number of nitrogens with zero attached hydrogens (tertiary/aromatic N) is 2. The number of hydrogen-bond donors (Lipinski definition) is 3. The van der Waals surface area contributed by atoms with Crippen LogP contribution < -0.4 is 10.6 Å². The van der Waals surface area contributed by atoms with Gasteiger partial charge in [-0.3, -0.25) is 5.32 Å². The van der Waals surface area contributed by atoms with Crippen molar-refractivity contribution in [3.8, 4) is 0 Å². The molecule has 7 nitrogen and oxygen atoms in total. The molecule has 0 bridgehead atoms. The highest BCUT2D eigenvalue weighted by atomic mass is 32.1. The van der Waals surface area contributed by atoms with Gasteiger partial charge in [-0.25, -0.2) is 9.59 Å². The average Bonchev–Trinajstić information content (AvgIpc) is 2.60. The number of carboxylic acids is 1. The maximum atomic E-state index is 11.3. The second kappa shape index (κ2) is 5.40. The standard InChI is InChI=1S/C8H12N4O3S/c1-3-5(6(13)14)9-7(15)10-8-12-11-4(2)16-8/h5H,3H2,1-2H3,(H,13,14)(H2,9,10,12,15). The van der Waals surface area contributed by atoms with Crippen molar-refractivity contribution in [2.45, 2.75) is 26.3 Å². The van der Waals surface area contributed by atoms with Crippen LogP contribution in [0.3, 0.4) is 0 Å². The zero-order valence-electron chi connectivity index (χ0n) is 8.85. The Morgan fingerprint density at radius 2 is 2.19 bits per heavy atom. The van der Waals surface area contributed by atoms with Crippen molar-refractivity contribution < 1.29 is 14.7 Å². The molecule has 3 N–H and O–H groups in total. The van der Waals surface area contributed by atoms with E-state index < -0.39 is 18.0 Å². The van der Waals surface area contributed by atoms with Crippen molar-refractivity contribution in [1.29, 1.82) is 0 Å².